The lowest BCUT2D eigenvalue weighted by molar-refractivity contribution is 0.542. The van der Waals surface area contributed by atoms with E-state index in [0.717, 1.165) is 0 Å². The third-order valence-corrected chi connectivity index (χ3v) is 10.1. The van der Waals surface area contributed by atoms with Gasteiger partial charge in [-0.2, -0.15) is 0 Å². The molecular formula is C10H30OSi2. The SMILES string of the molecule is C.C.CC[Si](C)(C)O[Si](C)(C)CC. The average Bonchev–Trinajstić information content (AvgIpc) is 1.86. The van der Waals surface area contributed by atoms with Gasteiger partial charge in [0.05, 0.1) is 0 Å². The molecule has 0 aliphatic heterocycles. The summed E-state index contributed by atoms with van der Waals surface area (Å²) in [4.78, 5) is 0. The van der Waals surface area contributed by atoms with Crippen molar-refractivity contribution < 1.29 is 4.12 Å². The molecule has 0 radical (unpaired) electrons. The van der Waals surface area contributed by atoms with Crippen LogP contribution in [-0.2, 0) is 4.12 Å². The van der Waals surface area contributed by atoms with Crippen LogP contribution in [0.4, 0.5) is 0 Å². The Morgan fingerprint density at radius 3 is 1.15 bits per heavy atom. The Morgan fingerprint density at radius 1 is 0.769 bits per heavy atom. The Labute approximate surface area is 88.2 Å². The van der Waals surface area contributed by atoms with E-state index in [1.54, 1.807) is 0 Å². The third-order valence-electron chi connectivity index (χ3n) is 2.26. The molecule has 0 bridgehead atoms. The van der Waals surface area contributed by atoms with Gasteiger partial charge in [0.2, 0.25) is 0 Å². The summed E-state index contributed by atoms with van der Waals surface area (Å²) in [6.07, 6.45) is 0. The molecule has 0 fully saturated rings. The minimum atomic E-state index is -1.27. The molecule has 13 heavy (non-hydrogen) atoms. The van der Waals surface area contributed by atoms with Crippen molar-refractivity contribution in [3.8, 4) is 0 Å². The summed E-state index contributed by atoms with van der Waals surface area (Å²) in [5.41, 5.74) is 0. The van der Waals surface area contributed by atoms with E-state index in [1.165, 1.54) is 12.1 Å². The molecule has 3 heteroatoms. The molecule has 0 spiro atoms. The fraction of sp³-hybridized carbons (Fsp3) is 1.00. The molecule has 0 saturated carbocycles. The van der Waals surface area contributed by atoms with Crippen molar-refractivity contribution in [1.29, 1.82) is 0 Å². The van der Waals surface area contributed by atoms with E-state index in [2.05, 4.69) is 40.0 Å². The van der Waals surface area contributed by atoms with Gasteiger partial charge in [0.25, 0.3) is 0 Å². The van der Waals surface area contributed by atoms with E-state index in [9.17, 15) is 0 Å². The van der Waals surface area contributed by atoms with Crippen LogP contribution in [0.1, 0.15) is 28.7 Å². The van der Waals surface area contributed by atoms with Gasteiger partial charge in [0, 0.05) is 0 Å². The number of hydrogen-bond donors (Lipinski definition) is 0. The second-order valence-corrected chi connectivity index (χ2v) is 13.6. The van der Waals surface area contributed by atoms with E-state index in [-0.39, 0.29) is 14.9 Å². The minimum Gasteiger partial charge on any atom is -0.456 e. The van der Waals surface area contributed by atoms with Crippen molar-refractivity contribution >= 4 is 16.6 Å². The second kappa shape index (κ2) is 6.79. The first-order valence-electron chi connectivity index (χ1n) is 4.53. The molecule has 0 saturated heterocycles. The highest BCUT2D eigenvalue weighted by molar-refractivity contribution is 6.84. The molecule has 0 atom stereocenters. The summed E-state index contributed by atoms with van der Waals surface area (Å²) in [7, 11) is -2.54. The Kier molecular flexibility index (Phi) is 9.95. The van der Waals surface area contributed by atoms with Gasteiger partial charge in [-0.1, -0.05) is 28.7 Å². The molecule has 1 nitrogen and oxygen atoms in total. The largest absolute Gasteiger partial charge is 0.456 e. The fourth-order valence-electron chi connectivity index (χ4n) is 0.892. The standard InChI is InChI=1S/C8H22OSi2.2CH4/c1-7-10(3,4)9-11(5,6)8-2;;/h7-8H2,1-6H3;2*1H4. The first-order valence-corrected chi connectivity index (χ1v) is 10.8. The molecule has 0 aromatic carbocycles. The molecule has 0 aliphatic rings. The van der Waals surface area contributed by atoms with Crippen LogP contribution < -0.4 is 0 Å². The van der Waals surface area contributed by atoms with E-state index < -0.39 is 16.6 Å². The molecule has 84 valence electrons. The zero-order valence-electron chi connectivity index (χ0n) is 8.82. The Balaban J connectivity index is -0.000000500. The van der Waals surface area contributed by atoms with Crippen molar-refractivity contribution in [2.45, 2.75) is 67.0 Å². The van der Waals surface area contributed by atoms with Gasteiger partial charge in [-0.25, -0.2) is 0 Å². The Bertz CT molecular complexity index is 108. The predicted molar refractivity (Wildman–Crippen MR) is 70.5 cm³/mol. The summed E-state index contributed by atoms with van der Waals surface area (Å²) >= 11 is 0. The van der Waals surface area contributed by atoms with Gasteiger partial charge in [-0.05, 0) is 38.3 Å². The first kappa shape index (κ1) is 19.0. The average molecular weight is 223 g/mol. The molecule has 0 aliphatic carbocycles. The fourth-order valence-corrected chi connectivity index (χ4v) is 8.03. The lowest BCUT2D eigenvalue weighted by Gasteiger charge is -2.32. The van der Waals surface area contributed by atoms with Gasteiger partial charge in [-0.15, -0.1) is 0 Å². The van der Waals surface area contributed by atoms with Crippen molar-refractivity contribution in [3.63, 3.8) is 0 Å². The number of hydrogen-bond acceptors (Lipinski definition) is 1. The highest BCUT2D eigenvalue weighted by atomic mass is 28.4. The summed E-state index contributed by atoms with van der Waals surface area (Å²) in [6.45, 7) is 13.8. The molecule has 0 aromatic heterocycles. The zero-order valence-corrected chi connectivity index (χ0v) is 10.8. The molecule has 0 amide bonds. The first-order chi connectivity index (χ1) is 4.83. The van der Waals surface area contributed by atoms with Gasteiger partial charge in [0.1, 0.15) is 0 Å². The predicted octanol–water partition coefficient (Wildman–Crippen LogP) is 4.73. The minimum absolute atomic E-state index is 0. The quantitative estimate of drug-likeness (QED) is 0.625. The zero-order chi connectivity index (χ0) is 9.12. The summed E-state index contributed by atoms with van der Waals surface area (Å²) < 4.78 is 6.20. The van der Waals surface area contributed by atoms with Gasteiger partial charge in [-0.3, -0.25) is 0 Å². The third kappa shape index (κ3) is 8.72. The van der Waals surface area contributed by atoms with Crippen LogP contribution >= 0.6 is 0 Å². The van der Waals surface area contributed by atoms with Crippen molar-refractivity contribution in [1.82, 2.24) is 0 Å². The molecular weight excluding hydrogens is 192 g/mol. The maximum absolute atomic E-state index is 6.20. The van der Waals surface area contributed by atoms with Crippen LogP contribution in [0.25, 0.3) is 0 Å². The monoisotopic (exact) mass is 222 g/mol. The molecule has 0 unspecified atom stereocenters. The summed E-state index contributed by atoms with van der Waals surface area (Å²) in [5, 5.41) is 0. The smallest absolute Gasteiger partial charge is 0.173 e. The lowest BCUT2D eigenvalue weighted by Crippen LogP contribution is -2.43. The second-order valence-electron chi connectivity index (χ2n) is 4.33. The molecule has 0 aromatic rings. The van der Waals surface area contributed by atoms with Crippen molar-refractivity contribution in [2.24, 2.45) is 0 Å². The van der Waals surface area contributed by atoms with Crippen LogP contribution in [0.2, 0.25) is 38.3 Å². The molecule has 0 heterocycles. The van der Waals surface area contributed by atoms with E-state index in [0.29, 0.717) is 0 Å². The number of rotatable bonds is 4. The van der Waals surface area contributed by atoms with E-state index >= 15 is 0 Å². The molecule has 0 N–H and O–H groups in total. The van der Waals surface area contributed by atoms with Crippen molar-refractivity contribution in [2.75, 3.05) is 0 Å². The van der Waals surface area contributed by atoms with Gasteiger partial charge in [0.15, 0.2) is 16.6 Å². The topological polar surface area (TPSA) is 9.23 Å². The van der Waals surface area contributed by atoms with Crippen LogP contribution in [-0.4, -0.2) is 16.6 Å². The highest BCUT2D eigenvalue weighted by Gasteiger charge is 2.29. The maximum Gasteiger partial charge on any atom is 0.173 e. The van der Waals surface area contributed by atoms with Crippen molar-refractivity contribution in [3.05, 3.63) is 0 Å². The highest BCUT2D eigenvalue weighted by Crippen LogP contribution is 2.20. The summed E-state index contributed by atoms with van der Waals surface area (Å²) in [5.74, 6) is 0. The van der Waals surface area contributed by atoms with Crippen LogP contribution in [0, 0.1) is 0 Å². The normalized spacial score (nSPS) is 11.5. The maximum atomic E-state index is 6.20. The van der Waals surface area contributed by atoms with E-state index in [4.69, 9.17) is 4.12 Å². The van der Waals surface area contributed by atoms with Crippen LogP contribution in [0.15, 0.2) is 0 Å². The summed E-state index contributed by atoms with van der Waals surface area (Å²) in [6, 6.07) is 2.48. The Hall–Kier alpha value is 0.394. The lowest BCUT2D eigenvalue weighted by atomic mass is 11.0. The Morgan fingerprint density at radius 2 is 1.00 bits per heavy atom. The molecule has 0 rings (SSSR count). The van der Waals surface area contributed by atoms with Gasteiger partial charge >= 0.3 is 0 Å². The van der Waals surface area contributed by atoms with E-state index in [1.807, 2.05) is 0 Å². The van der Waals surface area contributed by atoms with Crippen LogP contribution in [0.3, 0.4) is 0 Å². The van der Waals surface area contributed by atoms with Crippen LogP contribution in [0.5, 0.6) is 0 Å². The van der Waals surface area contributed by atoms with Gasteiger partial charge < -0.3 is 4.12 Å².